The van der Waals surface area contributed by atoms with Gasteiger partial charge in [0, 0.05) is 60.2 Å². The molecule has 6 N–H and O–H groups in total. The van der Waals surface area contributed by atoms with E-state index in [0.29, 0.717) is 29.6 Å². The van der Waals surface area contributed by atoms with Gasteiger partial charge in [-0.3, -0.25) is 19.1 Å². The summed E-state index contributed by atoms with van der Waals surface area (Å²) in [7, 11) is 1.77. The van der Waals surface area contributed by atoms with Crippen LogP contribution >= 0.6 is 0 Å². The van der Waals surface area contributed by atoms with Crippen molar-refractivity contribution in [1.82, 2.24) is 19.6 Å². The number of carbonyl (C=O) groups excluding carboxylic acids is 3. The first-order valence-corrected chi connectivity index (χ1v) is 16.5. The molecule has 12 nitrogen and oxygen atoms in total. The number of benzene rings is 4. The third-order valence-corrected chi connectivity index (χ3v) is 9.26. The summed E-state index contributed by atoms with van der Waals surface area (Å²) in [6, 6.07) is 25.2. The number of hydrogen-bond donors (Lipinski definition) is 5. The van der Waals surface area contributed by atoms with Crippen molar-refractivity contribution in [2.24, 2.45) is 12.8 Å². The molecule has 0 radical (unpaired) electrons. The van der Waals surface area contributed by atoms with Crippen LogP contribution in [0.4, 0.5) is 22.7 Å². The monoisotopic (exact) mass is 665 g/mol. The van der Waals surface area contributed by atoms with Gasteiger partial charge in [-0.25, -0.2) is 4.68 Å². The van der Waals surface area contributed by atoms with E-state index in [9.17, 15) is 14.4 Å². The van der Waals surface area contributed by atoms with Gasteiger partial charge in [0.2, 0.25) is 11.8 Å². The Hall–Kier alpha value is -6.43. The van der Waals surface area contributed by atoms with E-state index in [0.717, 1.165) is 50.4 Å². The second-order valence-electron chi connectivity index (χ2n) is 13.0. The summed E-state index contributed by atoms with van der Waals surface area (Å²) in [6.07, 6.45) is 4.82. The van der Waals surface area contributed by atoms with E-state index < -0.39 is 5.91 Å². The normalized spacial score (nSPS) is 17.0. The molecule has 12 heteroatoms. The van der Waals surface area contributed by atoms with Gasteiger partial charge < -0.3 is 27.0 Å². The molecule has 2 aliphatic rings. The van der Waals surface area contributed by atoms with Gasteiger partial charge in [-0.15, -0.1) is 0 Å². The lowest BCUT2D eigenvalue weighted by Crippen LogP contribution is -2.25. The quantitative estimate of drug-likeness (QED) is 0.153. The van der Waals surface area contributed by atoms with Crippen molar-refractivity contribution in [1.29, 1.82) is 0 Å². The van der Waals surface area contributed by atoms with Gasteiger partial charge in [-0.1, -0.05) is 36.4 Å². The minimum atomic E-state index is -0.607. The smallest absolute Gasteiger partial charge is 0.269 e. The Morgan fingerprint density at radius 1 is 0.860 bits per heavy atom. The summed E-state index contributed by atoms with van der Waals surface area (Å²) in [5, 5.41) is 23.0. The fraction of sp³-hybridized carbons (Fsp3) is 0.184. The number of fused-ring (bicyclic) bond motifs is 3. The maximum Gasteiger partial charge on any atom is 0.269 e. The maximum absolute atomic E-state index is 13.3. The fourth-order valence-corrected chi connectivity index (χ4v) is 7.02. The number of primary amides is 1. The fourth-order valence-electron chi connectivity index (χ4n) is 7.02. The van der Waals surface area contributed by atoms with Crippen LogP contribution in [0.1, 0.15) is 35.8 Å². The zero-order chi connectivity index (χ0) is 34.5. The molecule has 4 heterocycles. The number of amides is 3. The highest BCUT2D eigenvalue weighted by Gasteiger charge is 2.27. The lowest BCUT2D eigenvalue weighted by Gasteiger charge is -2.22. The van der Waals surface area contributed by atoms with E-state index in [4.69, 9.17) is 5.73 Å². The van der Waals surface area contributed by atoms with Gasteiger partial charge in [-0.05, 0) is 66.9 Å². The van der Waals surface area contributed by atoms with E-state index in [-0.39, 0.29) is 36.0 Å². The van der Waals surface area contributed by atoms with Crippen LogP contribution < -0.4 is 27.0 Å². The van der Waals surface area contributed by atoms with Crippen LogP contribution in [-0.2, 0) is 23.1 Å². The molecule has 2 aliphatic heterocycles. The molecular formula is C38H35N9O3. The number of nitrogens with two attached hydrogens (primary N) is 1. The Morgan fingerprint density at radius 3 is 2.46 bits per heavy atom. The van der Waals surface area contributed by atoms with Crippen LogP contribution in [0.3, 0.4) is 0 Å². The summed E-state index contributed by atoms with van der Waals surface area (Å²) < 4.78 is 3.47. The second-order valence-corrected chi connectivity index (χ2v) is 13.0. The summed E-state index contributed by atoms with van der Waals surface area (Å²) in [5.41, 5.74) is 15.0. The lowest BCUT2D eigenvalue weighted by molar-refractivity contribution is -0.117. The molecule has 3 amide bonds. The van der Waals surface area contributed by atoms with Crippen molar-refractivity contribution in [3.05, 3.63) is 103 Å². The predicted octanol–water partition coefficient (Wildman–Crippen LogP) is 5.70. The molecular weight excluding hydrogens is 630 g/mol. The molecule has 250 valence electrons. The molecule has 0 fully saturated rings. The minimum Gasteiger partial charge on any atom is -0.380 e. The first kappa shape index (κ1) is 30.9. The average molecular weight is 666 g/mol. The number of nitrogens with zero attached hydrogens (tertiary/aromatic N) is 4. The molecule has 0 spiro atoms. The number of aryl methyl sites for hydroxylation is 1. The molecule has 2 aromatic heterocycles. The molecule has 2 atom stereocenters. The minimum absolute atomic E-state index is 0.0906. The van der Waals surface area contributed by atoms with Crippen LogP contribution in [0.5, 0.6) is 0 Å². The van der Waals surface area contributed by atoms with E-state index in [1.807, 2.05) is 96.8 Å². The van der Waals surface area contributed by atoms with E-state index >= 15 is 0 Å². The lowest BCUT2D eigenvalue weighted by atomic mass is 9.94. The number of para-hydroxylation sites is 2. The number of aromatic nitrogens is 4. The van der Waals surface area contributed by atoms with Gasteiger partial charge in [0.05, 0.1) is 40.2 Å². The second kappa shape index (κ2) is 12.2. The standard InChI is InChI=1S/C38H35N9O3/c1-21-13-33(48)44-31-16-22(15-28(36(31)41-21)23-11-12-32-29(17-23)37(38(39)50)45-46(32)2)14-25-18-34(49)43-30-10-6-9-27(35(30)42-25)24-19-40-47(20-24)26-7-4-3-5-8-26/h3-12,15-17,19-21,25,41-42H,13-14,18H2,1-2H3,(H2,39,50)(H,43,49)(H,44,48)/t21-,25-/m1/s1. The van der Waals surface area contributed by atoms with E-state index in [1.165, 1.54) is 0 Å². The summed E-state index contributed by atoms with van der Waals surface area (Å²) in [5.74, 6) is -0.797. The van der Waals surface area contributed by atoms with Crippen molar-refractivity contribution in [3.63, 3.8) is 0 Å². The molecule has 50 heavy (non-hydrogen) atoms. The highest BCUT2D eigenvalue weighted by molar-refractivity contribution is 6.07. The van der Waals surface area contributed by atoms with Crippen LogP contribution in [-0.4, -0.2) is 49.4 Å². The van der Waals surface area contributed by atoms with Crippen molar-refractivity contribution in [2.45, 2.75) is 38.3 Å². The maximum atomic E-state index is 13.3. The SMILES string of the molecule is C[C@@H]1CC(=O)Nc2cc(C[C@@H]3CC(=O)Nc4cccc(-c5cnn(-c6ccccc6)c5)c4N3)cc(-c3ccc4c(c3)c(C(N)=O)nn4C)c2N1. The van der Waals surface area contributed by atoms with Gasteiger partial charge >= 0.3 is 0 Å². The number of carbonyl (C=O) groups is 3. The van der Waals surface area contributed by atoms with Gasteiger partial charge in [0.25, 0.3) is 5.91 Å². The van der Waals surface area contributed by atoms with Crippen molar-refractivity contribution in [3.8, 4) is 27.9 Å². The Morgan fingerprint density at radius 2 is 1.64 bits per heavy atom. The molecule has 0 unspecified atom stereocenters. The highest BCUT2D eigenvalue weighted by atomic mass is 16.2. The Balaban J connectivity index is 1.18. The average Bonchev–Trinajstić information content (AvgIpc) is 3.63. The van der Waals surface area contributed by atoms with E-state index in [1.54, 1.807) is 11.7 Å². The molecule has 8 rings (SSSR count). The molecule has 0 bridgehead atoms. The number of anilines is 4. The topological polar surface area (TPSA) is 161 Å². The number of hydrogen-bond acceptors (Lipinski definition) is 7. The third-order valence-electron chi connectivity index (χ3n) is 9.26. The first-order valence-electron chi connectivity index (χ1n) is 16.5. The zero-order valence-corrected chi connectivity index (χ0v) is 27.5. The van der Waals surface area contributed by atoms with Gasteiger partial charge in [-0.2, -0.15) is 10.2 Å². The summed E-state index contributed by atoms with van der Waals surface area (Å²) >= 11 is 0. The zero-order valence-electron chi connectivity index (χ0n) is 27.5. The predicted molar refractivity (Wildman–Crippen MR) is 194 cm³/mol. The number of rotatable bonds is 6. The molecule has 0 saturated heterocycles. The van der Waals surface area contributed by atoms with Crippen LogP contribution in [0.15, 0.2) is 91.3 Å². The molecule has 6 aromatic rings. The van der Waals surface area contributed by atoms with Crippen LogP contribution in [0.25, 0.3) is 38.8 Å². The summed E-state index contributed by atoms with van der Waals surface area (Å²) in [4.78, 5) is 38.4. The molecule has 0 aliphatic carbocycles. The number of nitrogens with one attached hydrogen (secondary N) is 4. The van der Waals surface area contributed by atoms with Gasteiger partial charge in [0.15, 0.2) is 5.69 Å². The van der Waals surface area contributed by atoms with Crippen LogP contribution in [0.2, 0.25) is 0 Å². The third kappa shape index (κ3) is 5.70. The highest BCUT2D eigenvalue weighted by Crippen LogP contribution is 2.41. The summed E-state index contributed by atoms with van der Waals surface area (Å²) in [6.45, 7) is 1.97. The Labute approximate surface area is 287 Å². The molecule has 4 aromatic carbocycles. The van der Waals surface area contributed by atoms with Crippen molar-refractivity contribution >= 4 is 51.4 Å². The largest absolute Gasteiger partial charge is 0.380 e. The Bertz CT molecular complexity index is 2330. The van der Waals surface area contributed by atoms with Crippen LogP contribution in [0, 0.1) is 0 Å². The van der Waals surface area contributed by atoms with E-state index in [2.05, 4.69) is 37.5 Å². The molecule has 0 saturated carbocycles. The van der Waals surface area contributed by atoms with Crippen molar-refractivity contribution in [2.75, 3.05) is 21.3 Å². The van der Waals surface area contributed by atoms with Crippen molar-refractivity contribution < 1.29 is 14.4 Å². The van der Waals surface area contributed by atoms with Gasteiger partial charge in [0.1, 0.15) is 0 Å². The first-order chi connectivity index (χ1) is 24.2. The Kier molecular flexibility index (Phi) is 7.55.